The van der Waals surface area contributed by atoms with E-state index in [-0.39, 0.29) is 6.10 Å². The van der Waals surface area contributed by atoms with Crippen LogP contribution in [-0.4, -0.2) is 19.8 Å². The quantitative estimate of drug-likeness (QED) is 0.797. The second-order valence-electron chi connectivity index (χ2n) is 4.30. The number of methoxy groups -OCH3 is 1. The summed E-state index contributed by atoms with van der Waals surface area (Å²) in [5, 5.41) is 3.50. The maximum absolute atomic E-state index is 5.33. The van der Waals surface area contributed by atoms with E-state index in [0.29, 0.717) is 6.04 Å². The standard InChI is InChI=1S/C14H23NO/c1-5-15-14(10-12(3)16-4)13-8-6-11(2)7-9-13/h6-9,12,14-15H,5,10H2,1-4H3. The Kier molecular flexibility index (Phi) is 5.50. The Morgan fingerprint density at radius 1 is 1.25 bits per heavy atom. The molecule has 1 aromatic rings. The molecule has 0 aromatic heterocycles. The third kappa shape index (κ3) is 3.95. The van der Waals surface area contributed by atoms with Crippen LogP contribution in [0.4, 0.5) is 0 Å². The van der Waals surface area contributed by atoms with Crippen molar-refractivity contribution in [2.75, 3.05) is 13.7 Å². The van der Waals surface area contributed by atoms with Crippen molar-refractivity contribution in [2.24, 2.45) is 0 Å². The molecule has 90 valence electrons. The van der Waals surface area contributed by atoms with Crippen LogP contribution in [0.2, 0.25) is 0 Å². The summed E-state index contributed by atoms with van der Waals surface area (Å²) in [6.07, 6.45) is 1.29. The zero-order valence-corrected chi connectivity index (χ0v) is 10.8. The third-order valence-electron chi connectivity index (χ3n) is 2.90. The zero-order valence-electron chi connectivity index (χ0n) is 10.8. The summed E-state index contributed by atoms with van der Waals surface area (Å²) in [4.78, 5) is 0. The largest absolute Gasteiger partial charge is 0.382 e. The van der Waals surface area contributed by atoms with E-state index >= 15 is 0 Å². The highest BCUT2D eigenvalue weighted by Crippen LogP contribution is 2.19. The first-order valence-electron chi connectivity index (χ1n) is 6.00. The van der Waals surface area contributed by atoms with Crippen LogP contribution in [0.25, 0.3) is 0 Å². The van der Waals surface area contributed by atoms with Gasteiger partial charge in [-0.2, -0.15) is 0 Å². The van der Waals surface area contributed by atoms with Gasteiger partial charge in [0.1, 0.15) is 0 Å². The van der Waals surface area contributed by atoms with E-state index in [4.69, 9.17) is 4.74 Å². The van der Waals surface area contributed by atoms with Gasteiger partial charge < -0.3 is 10.1 Å². The highest BCUT2D eigenvalue weighted by Gasteiger charge is 2.13. The molecule has 0 saturated heterocycles. The van der Waals surface area contributed by atoms with E-state index in [1.54, 1.807) is 7.11 Å². The minimum atomic E-state index is 0.283. The molecule has 1 N–H and O–H groups in total. The van der Waals surface area contributed by atoms with Gasteiger partial charge in [0, 0.05) is 13.2 Å². The Labute approximate surface area is 99.0 Å². The molecule has 0 aliphatic heterocycles. The maximum atomic E-state index is 5.33. The molecule has 0 aliphatic rings. The minimum absolute atomic E-state index is 0.283. The van der Waals surface area contributed by atoms with Gasteiger partial charge in [0.2, 0.25) is 0 Å². The van der Waals surface area contributed by atoms with Crippen molar-refractivity contribution >= 4 is 0 Å². The molecule has 2 unspecified atom stereocenters. The fourth-order valence-corrected chi connectivity index (χ4v) is 1.81. The van der Waals surface area contributed by atoms with Crippen molar-refractivity contribution in [3.05, 3.63) is 35.4 Å². The molecule has 0 heterocycles. The number of ether oxygens (including phenoxy) is 1. The van der Waals surface area contributed by atoms with E-state index in [9.17, 15) is 0 Å². The predicted octanol–water partition coefficient (Wildman–Crippen LogP) is 3.07. The van der Waals surface area contributed by atoms with Crippen molar-refractivity contribution in [2.45, 2.75) is 39.3 Å². The van der Waals surface area contributed by atoms with E-state index in [2.05, 4.69) is 50.4 Å². The first kappa shape index (κ1) is 13.2. The lowest BCUT2D eigenvalue weighted by Gasteiger charge is -2.21. The number of hydrogen-bond donors (Lipinski definition) is 1. The molecule has 0 fully saturated rings. The van der Waals surface area contributed by atoms with Crippen LogP contribution in [-0.2, 0) is 4.74 Å². The third-order valence-corrected chi connectivity index (χ3v) is 2.90. The molecule has 0 aliphatic carbocycles. The van der Waals surface area contributed by atoms with Crippen LogP contribution in [0.15, 0.2) is 24.3 Å². The van der Waals surface area contributed by atoms with Crippen LogP contribution < -0.4 is 5.32 Å². The topological polar surface area (TPSA) is 21.3 Å². The van der Waals surface area contributed by atoms with Gasteiger partial charge in [-0.05, 0) is 32.4 Å². The van der Waals surface area contributed by atoms with Crippen LogP contribution in [0.5, 0.6) is 0 Å². The molecule has 1 rings (SSSR count). The van der Waals surface area contributed by atoms with Crippen molar-refractivity contribution in [1.29, 1.82) is 0 Å². The molecule has 0 radical (unpaired) electrons. The SMILES string of the molecule is CCNC(CC(C)OC)c1ccc(C)cc1. The molecule has 0 bridgehead atoms. The molecule has 2 heteroatoms. The van der Waals surface area contributed by atoms with Crippen LogP contribution in [0.3, 0.4) is 0 Å². The summed E-state index contributed by atoms with van der Waals surface area (Å²) in [5.74, 6) is 0. The Morgan fingerprint density at radius 3 is 2.38 bits per heavy atom. The summed E-state index contributed by atoms with van der Waals surface area (Å²) in [7, 11) is 1.77. The number of rotatable bonds is 6. The molecule has 16 heavy (non-hydrogen) atoms. The number of benzene rings is 1. The predicted molar refractivity (Wildman–Crippen MR) is 68.7 cm³/mol. The van der Waals surface area contributed by atoms with E-state index in [0.717, 1.165) is 13.0 Å². The summed E-state index contributed by atoms with van der Waals surface area (Å²) in [6.45, 7) is 7.34. The summed E-state index contributed by atoms with van der Waals surface area (Å²) in [6, 6.07) is 9.12. The normalized spacial score (nSPS) is 14.8. The average Bonchev–Trinajstić information content (AvgIpc) is 2.29. The summed E-state index contributed by atoms with van der Waals surface area (Å²) in [5.41, 5.74) is 2.65. The molecule has 2 atom stereocenters. The summed E-state index contributed by atoms with van der Waals surface area (Å²) >= 11 is 0. The second kappa shape index (κ2) is 6.66. The van der Waals surface area contributed by atoms with Gasteiger partial charge in [0.05, 0.1) is 6.10 Å². The first-order chi connectivity index (χ1) is 7.67. The Balaban J connectivity index is 2.72. The lowest BCUT2D eigenvalue weighted by molar-refractivity contribution is 0.101. The van der Waals surface area contributed by atoms with Crippen LogP contribution >= 0.6 is 0 Å². The number of aryl methyl sites for hydroxylation is 1. The average molecular weight is 221 g/mol. The lowest BCUT2D eigenvalue weighted by Crippen LogP contribution is -2.25. The molecule has 2 nitrogen and oxygen atoms in total. The highest BCUT2D eigenvalue weighted by atomic mass is 16.5. The van der Waals surface area contributed by atoms with Gasteiger partial charge in [-0.1, -0.05) is 36.8 Å². The van der Waals surface area contributed by atoms with Gasteiger partial charge in [-0.25, -0.2) is 0 Å². The molecular weight excluding hydrogens is 198 g/mol. The fraction of sp³-hybridized carbons (Fsp3) is 0.571. The summed E-state index contributed by atoms with van der Waals surface area (Å²) < 4.78 is 5.33. The van der Waals surface area contributed by atoms with E-state index < -0.39 is 0 Å². The molecule has 0 amide bonds. The van der Waals surface area contributed by atoms with Gasteiger partial charge in [-0.15, -0.1) is 0 Å². The smallest absolute Gasteiger partial charge is 0.0561 e. The van der Waals surface area contributed by atoms with Gasteiger partial charge in [-0.3, -0.25) is 0 Å². The van der Waals surface area contributed by atoms with Crippen molar-refractivity contribution in [3.8, 4) is 0 Å². The number of hydrogen-bond acceptors (Lipinski definition) is 2. The molecular formula is C14H23NO. The van der Waals surface area contributed by atoms with Gasteiger partial charge in [0.15, 0.2) is 0 Å². The second-order valence-corrected chi connectivity index (χ2v) is 4.30. The van der Waals surface area contributed by atoms with E-state index in [1.165, 1.54) is 11.1 Å². The van der Waals surface area contributed by atoms with Crippen molar-refractivity contribution in [3.63, 3.8) is 0 Å². The molecule has 0 spiro atoms. The Hall–Kier alpha value is -0.860. The van der Waals surface area contributed by atoms with Gasteiger partial charge in [0.25, 0.3) is 0 Å². The molecule has 1 aromatic carbocycles. The molecule has 0 saturated carbocycles. The van der Waals surface area contributed by atoms with Crippen molar-refractivity contribution in [1.82, 2.24) is 5.32 Å². The van der Waals surface area contributed by atoms with Crippen LogP contribution in [0.1, 0.15) is 37.4 Å². The van der Waals surface area contributed by atoms with Gasteiger partial charge >= 0.3 is 0 Å². The Bertz CT molecular complexity index is 294. The van der Waals surface area contributed by atoms with Crippen molar-refractivity contribution < 1.29 is 4.74 Å². The monoisotopic (exact) mass is 221 g/mol. The van der Waals surface area contributed by atoms with E-state index in [1.807, 2.05) is 0 Å². The van der Waals surface area contributed by atoms with Crippen LogP contribution in [0, 0.1) is 6.92 Å². The first-order valence-corrected chi connectivity index (χ1v) is 6.00. The Morgan fingerprint density at radius 2 is 1.88 bits per heavy atom. The fourth-order valence-electron chi connectivity index (χ4n) is 1.81. The highest BCUT2D eigenvalue weighted by molar-refractivity contribution is 5.24. The maximum Gasteiger partial charge on any atom is 0.0561 e. The zero-order chi connectivity index (χ0) is 12.0. The minimum Gasteiger partial charge on any atom is -0.382 e. The number of nitrogens with one attached hydrogen (secondary N) is 1. The lowest BCUT2D eigenvalue weighted by atomic mass is 10.00.